The highest BCUT2D eigenvalue weighted by molar-refractivity contribution is 4.98. The number of hydrogen-bond acceptors (Lipinski definition) is 7. The van der Waals surface area contributed by atoms with Gasteiger partial charge in [0.1, 0.15) is 5.76 Å². The highest BCUT2D eigenvalue weighted by Crippen LogP contribution is 2.16. The Balaban J connectivity index is 1.65. The van der Waals surface area contributed by atoms with Crippen molar-refractivity contribution in [3.8, 4) is 0 Å². The van der Waals surface area contributed by atoms with Crippen LogP contribution in [-0.4, -0.2) is 58.1 Å². The maximum absolute atomic E-state index is 5.77. The van der Waals surface area contributed by atoms with E-state index in [9.17, 15) is 0 Å². The van der Waals surface area contributed by atoms with E-state index in [0.717, 1.165) is 37.6 Å². The first-order valence-corrected chi connectivity index (χ1v) is 7.95. The lowest BCUT2D eigenvalue weighted by Gasteiger charge is -2.23. The number of tetrazole rings is 1. The second-order valence-electron chi connectivity index (χ2n) is 5.70. The Morgan fingerprint density at radius 2 is 2.39 bits per heavy atom. The Bertz CT molecular complexity index is 565. The summed E-state index contributed by atoms with van der Waals surface area (Å²) in [6.07, 6.45) is 4.20. The standard InChI is InChI=1S/C15H23N5O3/c1-21-9-6-20-15(16-17-18-20)12-19(10-13-4-2-7-22-13)11-14-5-3-8-23-14/h2,4,7,14H,3,5-6,8-12H2,1H3. The van der Waals surface area contributed by atoms with E-state index in [1.807, 2.05) is 12.1 Å². The Hall–Kier alpha value is -1.77. The second kappa shape index (κ2) is 8.19. The second-order valence-corrected chi connectivity index (χ2v) is 5.70. The fourth-order valence-corrected chi connectivity index (χ4v) is 2.77. The molecule has 0 bridgehead atoms. The molecule has 0 spiro atoms. The van der Waals surface area contributed by atoms with Crippen LogP contribution in [-0.2, 0) is 29.1 Å². The Labute approximate surface area is 135 Å². The van der Waals surface area contributed by atoms with E-state index >= 15 is 0 Å². The summed E-state index contributed by atoms with van der Waals surface area (Å²) in [5.74, 6) is 1.76. The third-order valence-corrected chi connectivity index (χ3v) is 3.92. The van der Waals surface area contributed by atoms with Gasteiger partial charge in [-0.2, -0.15) is 0 Å². The summed E-state index contributed by atoms with van der Waals surface area (Å²) in [6, 6.07) is 3.89. The van der Waals surface area contributed by atoms with Crippen molar-refractivity contribution in [1.82, 2.24) is 25.1 Å². The van der Waals surface area contributed by atoms with Crippen LogP contribution in [0.25, 0.3) is 0 Å². The molecule has 1 aliphatic heterocycles. The normalized spacial score (nSPS) is 18.1. The van der Waals surface area contributed by atoms with Crippen molar-refractivity contribution in [2.75, 3.05) is 26.9 Å². The first kappa shape index (κ1) is 16.1. The summed E-state index contributed by atoms with van der Waals surface area (Å²) >= 11 is 0. The van der Waals surface area contributed by atoms with Crippen LogP contribution in [0.1, 0.15) is 24.4 Å². The number of ether oxygens (including phenoxy) is 2. The third-order valence-electron chi connectivity index (χ3n) is 3.92. The molecular formula is C15H23N5O3. The maximum Gasteiger partial charge on any atom is 0.165 e. The third kappa shape index (κ3) is 4.60. The van der Waals surface area contributed by atoms with E-state index in [4.69, 9.17) is 13.9 Å². The molecule has 23 heavy (non-hydrogen) atoms. The van der Waals surface area contributed by atoms with E-state index in [1.165, 1.54) is 0 Å². The molecule has 8 nitrogen and oxygen atoms in total. The topological polar surface area (TPSA) is 78.4 Å². The molecule has 1 aliphatic rings. The number of nitrogens with zero attached hydrogens (tertiary/aromatic N) is 5. The van der Waals surface area contributed by atoms with Crippen LogP contribution < -0.4 is 0 Å². The number of furan rings is 1. The molecule has 8 heteroatoms. The molecule has 0 radical (unpaired) electrons. The number of hydrogen-bond donors (Lipinski definition) is 0. The number of aromatic nitrogens is 4. The SMILES string of the molecule is COCCn1nnnc1CN(Cc1ccco1)CC1CCCO1. The van der Waals surface area contributed by atoms with Crippen LogP contribution >= 0.6 is 0 Å². The van der Waals surface area contributed by atoms with Gasteiger partial charge in [-0.3, -0.25) is 4.90 Å². The average molecular weight is 321 g/mol. The van der Waals surface area contributed by atoms with Gasteiger partial charge in [0.25, 0.3) is 0 Å². The number of methoxy groups -OCH3 is 1. The van der Waals surface area contributed by atoms with Gasteiger partial charge in [0.15, 0.2) is 5.82 Å². The lowest BCUT2D eigenvalue weighted by Crippen LogP contribution is -2.32. The van der Waals surface area contributed by atoms with Crippen molar-refractivity contribution in [2.45, 2.75) is 38.6 Å². The van der Waals surface area contributed by atoms with Crippen molar-refractivity contribution in [2.24, 2.45) is 0 Å². The Kier molecular flexibility index (Phi) is 5.73. The van der Waals surface area contributed by atoms with Gasteiger partial charge in [-0.25, -0.2) is 4.68 Å². The summed E-state index contributed by atoms with van der Waals surface area (Å²) in [7, 11) is 1.67. The van der Waals surface area contributed by atoms with Crippen molar-refractivity contribution < 1.29 is 13.9 Å². The fraction of sp³-hybridized carbons (Fsp3) is 0.667. The van der Waals surface area contributed by atoms with Gasteiger partial charge in [-0.05, 0) is 35.4 Å². The molecule has 126 valence electrons. The first-order chi connectivity index (χ1) is 11.3. The van der Waals surface area contributed by atoms with Crippen LogP contribution in [0.4, 0.5) is 0 Å². The molecule has 1 fully saturated rings. The summed E-state index contributed by atoms with van der Waals surface area (Å²) in [6.45, 7) is 4.29. The molecule has 0 saturated carbocycles. The lowest BCUT2D eigenvalue weighted by molar-refractivity contribution is 0.0637. The van der Waals surface area contributed by atoms with Crippen LogP contribution in [0.3, 0.4) is 0 Å². The van der Waals surface area contributed by atoms with Crippen LogP contribution in [0.15, 0.2) is 22.8 Å². The van der Waals surface area contributed by atoms with Gasteiger partial charge in [0.05, 0.1) is 38.6 Å². The van der Waals surface area contributed by atoms with Crippen molar-refractivity contribution in [3.63, 3.8) is 0 Å². The maximum atomic E-state index is 5.77. The molecule has 0 aromatic carbocycles. The fourth-order valence-electron chi connectivity index (χ4n) is 2.77. The molecule has 0 aliphatic carbocycles. The highest BCUT2D eigenvalue weighted by atomic mass is 16.5. The predicted octanol–water partition coefficient (Wildman–Crippen LogP) is 1.09. The molecular weight excluding hydrogens is 298 g/mol. The summed E-state index contributed by atoms with van der Waals surface area (Å²) in [5.41, 5.74) is 0. The minimum atomic E-state index is 0.272. The van der Waals surface area contributed by atoms with E-state index in [0.29, 0.717) is 26.2 Å². The highest BCUT2D eigenvalue weighted by Gasteiger charge is 2.21. The minimum absolute atomic E-state index is 0.272. The summed E-state index contributed by atoms with van der Waals surface area (Å²) in [4.78, 5) is 2.27. The van der Waals surface area contributed by atoms with Crippen LogP contribution in [0, 0.1) is 0 Å². The average Bonchev–Trinajstić information content (AvgIpc) is 3.28. The smallest absolute Gasteiger partial charge is 0.165 e. The summed E-state index contributed by atoms with van der Waals surface area (Å²) < 4.78 is 18.1. The molecule has 2 aromatic heterocycles. The molecule has 1 atom stereocenters. The van der Waals surface area contributed by atoms with Gasteiger partial charge in [-0.15, -0.1) is 5.10 Å². The lowest BCUT2D eigenvalue weighted by atomic mass is 10.2. The molecule has 2 aromatic rings. The van der Waals surface area contributed by atoms with Gasteiger partial charge >= 0.3 is 0 Å². The van der Waals surface area contributed by atoms with E-state index < -0.39 is 0 Å². The zero-order chi connectivity index (χ0) is 15.9. The van der Waals surface area contributed by atoms with E-state index in [-0.39, 0.29) is 6.10 Å². The van der Waals surface area contributed by atoms with Crippen LogP contribution in [0.2, 0.25) is 0 Å². The first-order valence-electron chi connectivity index (χ1n) is 7.95. The molecule has 1 saturated heterocycles. The van der Waals surface area contributed by atoms with Gasteiger partial charge in [0.2, 0.25) is 0 Å². The van der Waals surface area contributed by atoms with Crippen molar-refractivity contribution in [1.29, 1.82) is 0 Å². The molecule has 0 amide bonds. The van der Waals surface area contributed by atoms with Gasteiger partial charge < -0.3 is 13.9 Å². The Morgan fingerprint density at radius 3 is 3.13 bits per heavy atom. The molecule has 3 rings (SSSR count). The van der Waals surface area contributed by atoms with E-state index in [2.05, 4.69) is 20.4 Å². The largest absolute Gasteiger partial charge is 0.468 e. The quantitative estimate of drug-likeness (QED) is 0.684. The van der Waals surface area contributed by atoms with Crippen LogP contribution in [0.5, 0.6) is 0 Å². The summed E-state index contributed by atoms with van der Waals surface area (Å²) in [5, 5.41) is 12.0. The van der Waals surface area contributed by atoms with Crippen molar-refractivity contribution >= 4 is 0 Å². The zero-order valence-corrected chi connectivity index (χ0v) is 13.4. The molecule has 0 N–H and O–H groups in total. The van der Waals surface area contributed by atoms with Crippen molar-refractivity contribution in [3.05, 3.63) is 30.0 Å². The van der Waals surface area contributed by atoms with Gasteiger partial charge in [-0.1, -0.05) is 0 Å². The monoisotopic (exact) mass is 321 g/mol. The molecule has 1 unspecified atom stereocenters. The molecule has 3 heterocycles. The zero-order valence-electron chi connectivity index (χ0n) is 13.4. The predicted molar refractivity (Wildman–Crippen MR) is 81.5 cm³/mol. The number of rotatable bonds is 9. The minimum Gasteiger partial charge on any atom is -0.468 e. The van der Waals surface area contributed by atoms with E-state index in [1.54, 1.807) is 18.1 Å². The Morgan fingerprint density at radius 1 is 1.43 bits per heavy atom. The van der Waals surface area contributed by atoms with Gasteiger partial charge in [0, 0.05) is 20.3 Å².